The van der Waals surface area contributed by atoms with Gasteiger partial charge in [-0.25, -0.2) is 4.98 Å². The fourth-order valence-electron chi connectivity index (χ4n) is 5.40. The third kappa shape index (κ3) is 5.28. The van der Waals surface area contributed by atoms with Gasteiger partial charge in [-0.2, -0.15) is 0 Å². The summed E-state index contributed by atoms with van der Waals surface area (Å²) in [5.74, 6) is 4.36. The Morgan fingerprint density at radius 2 is 1.47 bits per heavy atom. The molecule has 0 aliphatic carbocycles. The molecule has 3 aromatic carbocycles. The van der Waals surface area contributed by atoms with E-state index in [2.05, 4.69) is 62.9 Å². The Kier molecular flexibility index (Phi) is 7.07. The molecule has 0 unspecified atom stereocenters. The molecule has 2 aliphatic rings. The Morgan fingerprint density at radius 1 is 0.737 bits per heavy atom. The Labute approximate surface area is 223 Å². The number of para-hydroxylation sites is 2. The largest absolute Gasteiger partial charge is 0.497 e. The standard InChI is InChI=1S/C30H34N4O4/c1-35-24-14-23(15-25(17-24)36-2)19-34-27-7-4-3-6-26(27)31-30(34)20-33-11-5-10-32(12-13-33)18-22-8-9-28-29(16-22)38-21-37-28/h3-4,6-9,14-17H,5,10-13,18-21H2,1-2H3. The highest BCUT2D eigenvalue weighted by Gasteiger charge is 2.20. The average molecular weight is 515 g/mol. The third-order valence-electron chi connectivity index (χ3n) is 7.37. The Balaban J connectivity index is 1.18. The number of fused-ring (bicyclic) bond motifs is 2. The number of imidazole rings is 1. The van der Waals surface area contributed by atoms with Gasteiger partial charge in [0.25, 0.3) is 0 Å². The number of methoxy groups -OCH3 is 2. The molecule has 8 nitrogen and oxygen atoms in total. The number of aromatic nitrogens is 2. The van der Waals surface area contributed by atoms with E-state index in [0.717, 1.165) is 91.1 Å². The summed E-state index contributed by atoms with van der Waals surface area (Å²) in [6.45, 7) is 6.89. The van der Waals surface area contributed by atoms with Gasteiger partial charge in [-0.15, -0.1) is 0 Å². The minimum Gasteiger partial charge on any atom is -0.497 e. The predicted octanol–water partition coefficient (Wildman–Crippen LogP) is 4.54. The van der Waals surface area contributed by atoms with Gasteiger partial charge in [0.15, 0.2) is 11.5 Å². The minimum absolute atomic E-state index is 0.313. The molecule has 38 heavy (non-hydrogen) atoms. The second-order valence-corrected chi connectivity index (χ2v) is 9.92. The molecule has 1 aromatic heterocycles. The first kappa shape index (κ1) is 24.6. The Hall–Kier alpha value is -3.75. The maximum absolute atomic E-state index is 5.57. The van der Waals surface area contributed by atoms with E-state index in [1.54, 1.807) is 14.2 Å². The second-order valence-electron chi connectivity index (χ2n) is 9.92. The van der Waals surface area contributed by atoms with Crippen molar-refractivity contribution in [2.24, 2.45) is 0 Å². The SMILES string of the molecule is COc1cc(Cn2c(CN3CCCN(Cc4ccc5c(c4)OCO5)CC3)nc3ccccc32)cc(OC)c1. The maximum Gasteiger partial charge on any atom is 0.231 e. The maximum atomic E-state index is 5.57. The summed E-state index contributed by atoms with van der Waals surface area (Å²) in [5, 5.41) is 0. The van der Waals surface area contributed by atoms with Crippen LogP contribution in [0.1, 0.15) is 23.4 Å². The first-order valence-electron chi connectivity index (χ1n) is 13.2. The van der Waals surface area contributed by atoms with E-state index in [-0.39, 0.29) is 0 Å². The van der Waals surface area contributed by atoms with E-state index in [0.29, 0.717) is 13.3 Å². The van der Waals surface area contributed by atoms with Crippen LogP contribution in [-0.4, -0.2) is 66.5 Å². The van der Waals surface area contributed by atoms with Gasteiger partial charge in [-0.05, 0) is 67.0 Å². The average Bonchev–Trinajstić information content (AvgIpc) is 3.47. The van der Waals surface area contributed by atoms with E-state index in [1.807, 2.05) is 12.1 Å². The van der Waals surface area contributed by atoms with Crippen molar-refractivity contribution in [3.8, 4) is 23.0 Å². The first-order valence-corrected chi connectivity index (χ1v) is 13.2. The molecule has 0 spiro atoms. The van der Waals surface area contributed by atoms with Crippen molar-refractivity contribution in [1.29, 1.82) is 0 Å². The van der Waals surface area contributed by atoms with Gasteiger partial charge in [-0.1, -0.05) is 18.2 Å². The van der Waals surface area contributed by atoms with Crippen LogP contribution < -0.4 is 18.9 Å². The molecule has 198 valence electrons. The van der Waals surface area contributed by atoms with Crippen molar-refractivity contribution < 1.29 is 18.9 Å². The van der Waals surface area contributed by atoms with Crippen LogP contribution in [0.5, 0.6) is 23.0 Å². The lowest BCUT2D eigenvalue weighted by Gasteiger charge is -2.22. The summed E-state index contributed by atoms with van der Waals surface area (Å²) in [6, 6.07) is 20.7. The van der Waals surface area contributed by atoms with Crippen LogP contribution in [0.2, 0.25) is 0 Å². The first-order chi connectivity index (χ1) is 18.7. The van der Waals surface area contributed by atoms with Crippen molar-refractivity contribution in [3.63, 3.8) is 0 Å². The zero-order valence-corrected chi connectivity index (χ0v) is 22.1. The highest BCUT2D eigenvalue weighted by Crippen LogP contribution is 2.33. The summed E-state index contributed by atoms with van der Waals surface area (Å²) in [5.41, 5.74) is 4.55. The molecule has 1 saturated heterocycles. The van der Waals surface area contributed by atoms with E-state index in [4.69, 9.17) is 23.9 Å². The van der Waals surface area contributed by atoms with Gasteiger partial charge < -0.3 is 23.5 Å². The van der Waals surface area contributed by atoms with Crippen LogP contribution in [0.4, 0.5) is 0 Å². The fraction of sp³-hybridized carbons (Fsp3) is 0.367. The van der Waals surface area contributed by atoms with Gasteiger partial charge in [0, 0.05) is 32.2 Å². The topological polar surface area (TPSA) is 61.2 Å². The highest BCUT2D eigenvalue weighted by molar-refractivity contribution is 5.76. The second kappa shape index (κ2) is 10.9. The van der Waals surface area contributed by atoms with Crippen LogP contribution in [0.15, 0.2) is 60.7 Å². The normalized spacial score (nSPS) is 16.1. The lowest BCUT2D eigenvalue weighted by Crippen LogP contribution is -2.31. The zero-order valence-electron chi connectivity index (χ0n) is 22.1. The molecule has 4 aromatic rings. The summed E-state index contributed by atoms with van der Waals surface area (Å²) in [4.78, 5) is 10.1. The lowest BCUT2D eigenvalue weighted by atomic mass is 10.2. The zero-order chi connectivity index (χ0) is 25.9. The number of nitrogens with zero attached hydrogens (tertiary/aromatic N) is 4. The van der Waals surface area contributed by atoms with Gasteiger partial charge in [0.05, 0.1) is 31.8 Å². The van der Waals surface area contributed by atoms with Crippen molar-refractivity contribution >= 4 is 11.0 Å². The number of benzene rings is 3. The monoisotopic (exact) mass is 514 g/mol. The molecule has 6 rings (SSSR count). The van der Waals surface area contributed by atoms with Crippen molar-refractivity contribution in [1.82, 2.24) is 19.4 Å². The molecule has 8 heteroatoms. The lowest BCUT2D eigenvalue weighted by molar-refractivity contribution is 0.174. The van der Waals surface area contributed by atoms with Crippen LogP contribution in [-0.2, 0) is 19.6 Å². The number of ether oxygens (including phenoxy) is 4. The molecule has 3 heterocycles. The van der Waals surface area contributed by atoms with Gasteiger partial charge in [0.1, 0.15) is 17.3 Å². The van der Waals surface area contributed by atoms with Crippen molar-refractivity contribution in [2.45, 2.75) is 26.1 Å². The smallest absolute Gasteiger partial charge is 0.231 e. The fourth-order valence-corrected chi connectivity index (χ4v) is 5.40. The van der Waals surface area contributed by atoms with Crippen LogP contribution in [0, 0.1) is 0 Å². The predicted molar refractivity (Wildman–Crippen MR) is 146 cm³/mol. The van der Waals surface area contributed by atoms with Crippen molar-refractivity contribution in [2.75, 3.05) is 47.2 Å². The molecule has 0 saturated carbocycles. The number of hydrogen-bond donors (Lipinski definition) is 0. The Bertz CT molecular complexity index is 1400. The molecule has 0 amide bonds. The number of hydrogen-bond acceptors (Lipinski definition) is 7. The van der Waals surface area contributed by atoms with E-state index in [1.165, 1.54) is 5.56 Å². The third-order valence-corrected chi connectivity index (χ3v) is 7.37. The molecule has 2 aliphatic heterocycles. The van der Waals surface area contributed by atoms with Crippen LogP contribution in [0.3, 0.4) is 0 Å². The Morgan fingerprint density at radius 3 is 2.26 bits per heavy atom. The van der Waals surface area contributed by atoms with E-state index >= 15 is 0 Å². The van der Waals surface area contributed by atoms with Crippen molar-refractivity contribution in [3.05, 3.63) is 77.6 Å². The van der Waals surface area contributed by atoms with Crippen LogP contribution >= 0.6 is 0 Å². The number of rotatable bonds is 8. The quantitative estimate of drug-likeness (QED) is 0.342. The highest BCUT2D eigenvalue weighted by atomic mass is 16.7. The van der Waals surface area contributed by atoms with Gasteiger partial charge in [0.2, 0.25) is 6.79 Å². The van der Waals surface area contributed by atoms with Crippen LogP contribution in [0.25, 0.3) is 11.0 Å². The molecule has 1 fully saturated rings. The van der Waals surface area contributed by atoms with Gasteiger partial charge >= 0.3 is 0 Å². The van der Waals surface area contributed by atoms with Gasteiger partial charge in [-0.3, -0.25) is 9.80 Å². The molecular weight excluding hydrogens is 480 g/mol. The van der Waals surface area contributed by atoms with E-state index < -0.39 is 0 Å². The summed E-state index contributed by atoms with van der Waals surface area (Å²) >= 11 is 0. The molecule has 0 bridgehead atoms. The summed E-state index contributed by atoms with van der Waals surface area (Å²) in [7, 11) is 3.37. The summed E-state index contributed by atoms with van der Waals surface area (Å²) < 4.78 is 24.4. The molecule has 0 N–H and O–H groups in total. The molecular formula is C30H34N4O4. The molecule has 0 atom stereocenters. The molecule has 0 radical (unpaired) electrons. The minimum atomic E-state index is 0.313. The van der Waals surface area contributed by atoms with E-state index in [9.17, 15) is 0 Å². The summed E-state index contributed by atoms with van der Waals surface area (Å²) in [6.07, 6.45) is 1.12.